The van der Waals surface area contributed by atoms with Crippen molar-refractivity contribution in [3.05, 3.63) is 23.3 Å². The molecule has 4 unspecified atom stereocenters. The van der Waals surface area contributed by atoms with E-state index < -0.39 is 32.6 Å². The van der Waals surface area contributed by atoms with E-state index in [-0.39, 0.29) is 22.9 Å². The maximum atomic E-state index is 13.4. The van der Waals surface area contributed by atoms with E-state index in [2.05, 4.69) is 0 Å². The molecule has 29 heavy (non-hydrogen) atoms. The zero-order chi connectivity index (χ0) is 22.0. The largest absolute Gasteiger partial charge is 0.507 e. The molecule has 2 aliphatic rings. The molecule has 0 heterocycles. The van der Waals surface area contributed by atoms with Gasteiger partial charge in [-0.3, -0.25) is 9.35 Å². The molecule has 0 aliphatic heterocycles. The molecule has 4 atom stereocenters. The molecule has 2 aliphatic carbocycles. The van der Waals surface area contributed by atoms with Crippen LogP contribution in [-0.2, 0) is 26.7 Å². The van der Waals surface area contributed by atoms with Crippen LogP contribution in [0.2, 0.25) is 0 Å². The highest BCUT2D eigenvalue weighted by Crippen LogP contribution is 2.67. The number of benzene rings is 1. The summed E-state index contributed by atoms with van der Waals surface area (Å²) < 4.78 is 38.4. The fourth-order valence-corrected chi connectivity index (χ4v) is 7.02. The van der Waals surface area contributed by atoms with Gasteiger partial charge in [0.05, 0.1) is 12.9 Å². The van der Waals surface area contributed by atoms with Gasteiger partial charge in [-0.1, -0.05) is 34.6 Å². The van der Waals surface area contributed by atoms with E-state index in [9.17, 15) is 22.9 Å². The highest BCUT2D eigenvalue weighted by Gasteiger charge is 2.68. The fourth-order valence-electron chi connectivity index (χ4n) is 5.73. The number of carbonyl (C=O) groups excluding carboxylic acids is 1. The molecule has 2 bridgehead atoms. The van der Waals surface area contributed by atoms with Crippen molar-refractivity contribution in [2.75, 3.05) is 12.9 Å². The molecule has 0 aromatic heterocycles. The van der Waals surface area contributed by atoms with Crippen LogP contribution in [-0.4, -0.2) is 36.7 Å². The van der Waals surface area contributed by atoms with Crippen molar-refractivity contribution in [2.45, 2.75) is 59.3 Å². The molecule has 2 N–H and O–H groups in total. The van der Waals surface area contributed by atoms with Gasteiger partial charge in [-0.2, -0.15) is 8.42 Å². The monoisotopic (exact) mass is 424 g/mol. The van der Waals surface area contributed by atoms with Crippen LogP contribution < -0.4 is 4.74 Å². The fraction of sp³-hybridized carbons (Fsp3) is 0.682. The first-order valence-corrected chi connectivity index (χ1v) is 11.6. The SMILES string of the molecule is COc1cc(CC2C(=O)C3(C)CCC2C3(C)CS(=O)(=O)O)c(O)c(C(C)(C)C)c1. The van der Waals surface area contributed by atoms with Crippen LogP contribution in [0.25, 0.3) is 0 Å². The molecular formula is C22H32O6S. The second-order valence-electron chi connectivity index (χ2n) is 10.2. The van der Waals surface area contributed by atoms with E-state index in [0.717, 1.165) is 12.0 Å². The predicted octanol–water partition coefficient (Wildman–Crippen LogP) is 3.75. The van der Waals surface area contributed by atoms with E-state index in [1.807, 2.05) is 40.7 Å². The third-order valence-electron chi connectivity index (χ3n) is 7.53. The first kappa shape index (κ1) is 22.1. The highest BCUT2D eigenvalue weighted by atomic mass is 32.2. The molecule has 2 fully saturated rings. The average molecular weight is 425 g/mol. The zero-order valence-electron chi connectivity index (χ0n) is 18.1. The summed E-state index contributed by atoms with van der Waals surface area (Å²) in [6.45, 7) is 9.63. The second-order valence-corrected chi connectivity index (χ2v) is 11.7. The van der Waals surface area contributed by atoms with Crippen LogP contribution in [0, 0.1) is 22.7 Å². The Morgan fingerprint density at radius 1 is 1.24 bits per heavy atom. The summed E-state index contributed by atoms with van der Waals surface area (Å²) in [7, 11) is -2.65. The van der Waals surface area contributed by atoms with E-state index >= 15 is 0 Å². The Balaban J connectivity index is 2.03. The number of ketones is 1. The molecule has 1 aromatic carbocycles. The summed E-state index contributed by atoms with van der Waals surface area (Å²) in [5.74, 6) is -0.169. The van der Waals surface area contributed by atoms with Gasteiger partial charge in [0.25, 0.3) is 10.1 Å². The van der Waals surface area contributed by atoms with Crippen LogP contribution in [0.1, 0.15) is 58.6 Å². The standard InChI is InChI=1S/C22H32O6S/c1-20(2,3)17-11-14(28-6)9-13(18(17)23)10-15-16-7-8-21(4,19(15)24)22(16,5)12-29(25,26)27/h9,11,15-16,23H,7-8,10,12H2,1-6H3,(H,25,26,27). The van der Waals surface area contributed by atoms with Crippen molar-refractivity contribution in [3.63, 3.8) is 0 Å². The molecule has 0 saturated heterocycles. The van der Waals surface area contributed by atoms with Crippen molar-refractivity contribution in [2.24, 2.45) is 22.7 Å². The van der Waals surface area contributed by atoms with Gasteiger partial charge in [-0.15, -0.1) is 0 Å². The number of phenols is 1. The summed E-state index contributed by atoms with van der Waals surface area (Å²) in [6.07, 6.45) is 1.68. The van der Waals surface area contributed by atoms with E-state index in [1.165, 1.54) is 0 Å². The van der Waals surface area contributed by atoms with Crippen LogP contribution in [0.15, 0.2) is 12.1 Å². The lowest BCUT2D eigenvalue weighted by Gasteiger charge is -2.35. The third kappa shape index (κ3) is 3.46. The van der Waals surface area contributed by atoms with Crippen molar-refractivity contribution in [1.29, 1.82) is 0 Å². The smallest absolute Gasteiger partial charge is 0.265 e. The molecule has 0 radical (unpaired) electrons. The van der Waals surface area contributed by atoms with Crippen LogP contribution >= 0.6 is 0 Å². The minimum atomic E-state index is -4.22. The second kappa shape index (κ2) is 6.71. The van der Waals surface area contributed by atoms with Crippen molar-refractivity contribution in [3.8, 4) is 11.5 Å². The number of carbonyl (C=O) groups is 1. The minimum absolute atomic E-state index is 0.0272. The Bertz CT molecular complexity index is 945. The molecule has 6 nitrogen and oxygen atoms in total. The quantitative estimate of drug-likeness (QED) is 0.698. The summed E-state index contributed by atoms with van der Waals surface area (Å²) in [5, 5.41) is 10.9. The first-order valence-electron chi connectivity index (χ1n) is 10.0. The van der Waals surface area contributed by atoms with Gasteiger partial charge >= 0.3 is 0 Å². The lowest BCUT2D eigenvalue weighted by molar-refractivity contribution is -0.131. The number of phenolic OH excluding ortho intramolecular Hbond substituents is 1. The van der Waals surface area contributed by atoms with E-state index in [0.29, 0.717) is 24.2 Å². The van der Waals surface area contributed by atoms with E-state index in [1.54, 1.807) is 13.2 Å². The minimum Gasteiger partial charge on any atom is -0.507 e. The molecular weight excluding hydrogens is 392 g/mol. The topological polar surface area (TPSA) is 101 Å². The number of ether oxygens (including phenoxy) is 1. The Morgan fingerprint density at radius 2 is 1.86 bits per heavy atom. The molecule has 162 valence electrons. The number of hydrogen-bond acceptors (Lipinski definition) is 5. The molecule has 0 spiro atoms. The molecule has 2 saturated carbocycles. The van der Waals surface area contributed by atoms with Crippen LogP contribution in [0.4, 0.5) is 0 Å². The van der Waals surface area contributed by atoms with Crippen LogP contribution in [0.3, 0.4) is 0 Å². The maximum absolute atomic E-state index is 13.4. The van der Waals surface area contributed by atoms with Gasteiger partial charge in [0.1, 0.15) is 17.3 Å². The highest BCUT2D eigenvalue weighted by molar-refractivity contribution is 7.85. The normalized spacial score (nSPS) is 32.0. The molecule has 0 amide bonds. The summed E-state index contributed by atoms with van der Waals surface area (Å²) in [5.41, 5.74) is -0.534. The Hall–Kier alpha value is -1.60. The zero-order valence-corrected chi connectivity index (χ0v) is 18.9. The van der Waals surface area contributed by atoms with E-state index in [4.69, 9.17) is 4.74 Å². The summed E-state index contributed by atoms with van der Waals surface area (Å²) >= 11 is 0. The number of Topliss-reactive ketones (excluding diaryl/α,β-unsaturated/α-hetero) is 1. The average Bonchev–Trinajstić information content (AvgIpc) is 2.89. The molecule has 1 aromatic rings. The maximum Gasteiger partial charge on any atom is 0.265 e. The van der Waals surface area contributed by atoms with Crippen molar-refractivity contribution < 1.29 is 27.6 Å². The number of hydrogen-bond donors (Lipinski definition) is 2. The lowest BCUT2D eigenvalue weighted by Crippen LogP contribution is -2.40. The predicted molar refractivity (Wildman–Crippen MR) is 111 cm³/mol. The summed E-state index contributed by atoms with van der Waals surface area (Å²) in [4.78, 5) is 13.4. The van der Waals surface area contributed by atoms with Crippen LogP contribution in [0.5, 0.6) is 11.5 Å². The number of aromatic hydroxyl groups is 1. The van der Waals surface area contributed by atoms with Crippen molar-refractivity contribution in [1.82, 2.24) is 0 Å². The van der Waals surface area contributed by atoms with Gasteiger partial charge in [0, 0.05) is 16.9 Å². The lowest BCUT2D eigenvalue weighted by atomic mass is 9.70. The number of fused-ring (bicyclic) bond motifs is 2. The Labute approximate surface area is 173 Å². The summed E-state index contributed by atoms with van der Waals surface area (Å²) in [6, 6.07) is 3.57. The van der Waals surface area contributed by atoms with Gasteiger partial charge in [-0.25, -0.2) is 0 Å². The number of rotatable bonds is 5. The van der Waals surface area contributed by atoms with Gasteiger partial charge in [0.2, 0.25) is 0 Å². The third-order valence-corrected chi connectivity index (χ3v) is 8.49. The van der Waals surface area contributed by atoms with Gasteiger partial charge < -0.3 is 9.84 Å². The Kier molecular flexibility index (Phi) is 5.11. The Morgan fingerprint density at radius 3 is 2.38 bits per heavy atom. The van der Waals surface area contributed by atoms with Crippen molar-refractivity contribution >= 4 is 15.9 Å². The molecule has 3 rings (SSSR count). The van der Waals surface area contributed by atoms with Gasteiger partial charge in [0.15, 0.2) is 0 Å². The van der Waals surface area contributed by atoms with Gasteiger partial charge in [-0.05, 0) is 53.7 Å². The first-order chi connectivity index (χ1) is 13.1. The molecule has 7 heteroatoms. The number of methoxy groups -OCH3 is 1.